The summed E-state index contributed by atoms with van der Waals surface area (Å²) < 4.78 is 0. The van der Waals surface area contributed by atoms with E-state index >= 15 is 0 Å². The number of rotatable bonds is 3. The van der Waals surface area contributed by atoms with Gasteiger partial charge in [-0.25, -0.2) is 9.97 Å². The lowest BCUT2D eigenvalue weighted by atomic mass is 10.0. The van der Waals surface area contributed by atoms with E-state index in [1.54, 1.807) is 6.33 Å². The zero-order valence-electron chi connectivity index (χ0n) is 11.8. The minimum atomic E-state index is 0.467. The molecule has 2 aromatic rings. The van der Waals surface area contributed by atoms with Gasteiger partial charge in [0.1, 0.15) is 6.33 Å². The van der Waals surface area contributed by atoms with Gasteiger partial charge in [-0.3, -0.25) is 9.80 Å². The molecule has 0 N–H and O–H groups in total. The minimum absolute atomic E-state index is 0.467. The fourth-order valence-corrected chi connectivity index (χ4v) is 2.78. The SMILES string of the molecule is CN1CCN(Cc2cncnc2)C[C@H]1c1ccccc1. The molecule has 1 atom stereocenters. The van der Waals surface area contributed by atoms with Crippen molar-refractivity contribution in [3.05, 3.63) is 60.2 Å². The van der Waals surface area contributed by atoms with Crippen molar-refractivity contribution in [3.63, 3.8) is 0 Å². The zero-order chi connectivity index (χ0) is 13.8. The van der Waals surface area contributed by atoms with E-state index in [4.69, 9.17) is 0 Å². The Morgan fingerprint density at radius 3 is 2.60 bits per heavy atom. The molecule has 1 saturated heterocycles. The second kappa shape index (κ2) is 6.11. The van der Waals surface area contributed by atoms with Crippen molar-refractivity contribution in [2.24, 2.45) is 0 Å². The maximum absolute atomic E-state index is 4.09. The zero-order valence-corrected chi connectivity index (χ0v) is 11.8. The van der Waals surface area contributed by atoms with Gasteiger partial charge < -0.3 is 0 Å². The lowest BCUT2D eigenvalue weighted by Crippen LogP contribution is -2.46. The second-order valence-electron chi connectivity index (χ2n) is 5.39. The normalized spacial score (nSPS) is 20.9. The Morgan fingerprint density at radius 2 is 1.85 bits per heavy atom. The van der Waals surface area contributed by atoms with Crippen LogP contribution >= 0.6 is 0 Å². The maximum Gasteiger partial charge on any atom is 0.115 e. The molecule has 1 aliphatic heterocycles. The molecule has 0 bridgehead atoms. The monoisotopic (exact) mass is 268 g/mol. The summed E-state index contributed by atoms with van der Waals surface area (Å²) in [5.41, 5.74) is 2.58. The highest BCUT2D eigenvalue weighted by molar-refractivity contribution is 5.20. The van der Waals surface area contributed by atoms with Gasteiger partial charge in [0.05, 0.1) is 0 Å². The smallest absolute Gasteiger partial charge is 0.115 e. The first-order chi connectivity index (χ1) is 9.83. The number of likely N-dealkylation sites (N-methyl/N-ethyl adjacent to an activating group) is 1. The van der Waals surface area contributed by atoms with E-state index in [1.807, 2.05) is 12.4 Å². The van der Waals surface area contributed by atoms with Gasteiger partial charge in [0.15, 0.2) is 0 Å². The summed E-state index contributed by atoms with van der Waals surface area (Å²) in [6.45, 7) is 4.16. The van der Waals surface area contributed by atoms with Crippen molar-refractivity contribution in [3.8, 4) is 0 Å². The van der Waals surface area contributed by atoms with E-state index in [0.717, 1.165) is 26.2 Å². The molecule has 1 aromatic carbocycles. The molecule has 0 amide bonds. The topological polar surface area (TPSA) is 32.3 Å². The lowest BCUT2D eigenvalue weighted by Gasteiger charge is -2.39. The van der Waals surface area contributed by atoms with Crippen LogP contribution in [0, 0.1) is 0 Å². The largest absolute Gasteiger partial charge is 0.297 e. The molecule has 4 nitrogen and oxygen atoms in total. The minimum Gasteiger partial charge on any atom is -0.297 e. The first-order valence-electron chi connectivity index (χ1n) is 7.04. The van der Waals surface area contributed by atoms with Crippen molar-refractivity contribution < 1.29 is 0 Å². The van der Waals surface area contributed by atoms with Crippen LogP contribution in [0.15, 0.2) is 49.1 Å². The molecule has 4 heteroatoms. The third kappa shape index (κ3) is 3.03. The predicted molar refractivity (Wildman–Crippen MR) is 79.1 cm³/mol. The lowest BCUT2D eigenvalue weighted by molar-refractivity contribution is 0.0903. The van der Waals surface area contributed by atoms with E-state index in [2.05, 4.69) is 57.1 Å². The molecule has 1 aromatic heterocycles. The van der Waals surface area contributed by atoms with Crippen LogP contribution < -0.4 is 0 Å². The van der Waals surface area contributed by atoms with Gasteiger partial charge in [-0.1, -0.05) is 30.3 Å². The third-order valence-electron chi connectivity index (χ3n) is 3.94. The van der Waals surface area contributed by atoms with Crippen molar-refractivity contribution in [1.82, 2.24) is 19.8 Å². The van der Waals surface area contributed by atoms with Gasteiger partial charge in [0.2, 0.25) is 0 Å². The molecule has 0 unspecified atom stereocenters. The number of piperazine rings is 1. The second-order valence-corrected chi connectivity index (χ2v) is 5.39. The molecule has 0 saturated carbocycles. The quantitative estimate of drug-likeness (QED) is 0.852. The Morgan fingerprint density at radius 1 is 1.10 bits per heavy atom. The molecule has 0 radical (unpaired) electrons. The summed E-state index contributed by atoms with van der Waals surface area (Å²) in [6, 6.07) is 11.2. The Labute approximate surface area is 120 Å². The molecule has 20 heavy (non-hydrogen) atoms. The van der Waals surface area contributed by atoms with Crippen LogP contribution in [0.3, 0.4) is 0 Å². The van der Waals surface area contributed by atoms with Gasteiger partial charge in [-0.15, -0.1) is 0 Å². The number of hydrogen-bond acceptors (Lipinski definition) is 4. The maximum atomic E-state index is 4.09. The van der Waals surface area contributed by atoms with E-state index in [9.17, 15) is 0 Å². The molecular weight excluding hydrogens is 248 g/mol. The molecule has 104 valence electrons. The summed E-state index contributed by atoms with van der Waals surface area (Å²) in [6.07, 6.45) is 5.39. The predicted octanol–water partition coefficient (Wildman–Crippen LogP) is 1.97. The van der Waals surface area contributed by atoms with Gasteiger partial charge in [-0.2, -0.15) is 0 Å². The summed E-state index contributed by atoms with van der Waals surface area (Å²) in [7, 11) is 2.21. The number of nitrogens with zero attached hydrogens (tertiary/aromatic N) is 4. The summed E-state index contributed by atoms with van der Waals surface area (Å²) >= 11 is 0. The third-order valence-corrected chi connectivity index (χ3v) is 3.94. The van der Waals surface area contributed by atoms with Gasteiger partial charge >= 0.3 is 0 Å². The van der Waals surface area contributed by atoms with Crippen LogP contribution in [0.25, 0.3) is 0 Å². The van der Waals surface area contributed by atoms with Crippen LogP contribution in [-0.4, -0.2) is 46.4 Å². The van der Waals surface area contributed by atoms with Crippen LogP contribution in [0.1, 0.15) is 17.2 Å². The van der Waals surface area contributed by atoms with Crippen LogP contribution in [0.2, 0.25) is 0 Å². The summed E-state index contributed by atoms with van der Waals surface area (Å²) in [5, 5.41) is 0. The summed E-state index contributed by atoms with van der Waals surface area (Å²) in [4.78, 5) is 13.1. The fourth-order valence-electron chi connectivity index (χ4n) is 2.78. The Balaban J connectivity index is 1.70. The Kier molecular flexibility index (Phi) is 4.04. The van der Waals surface area contributed by atoms with E-state index < -0.39 is 0 Å². The van der Waals surface area contributed by atoms with E-state index in [0.29, 0.717) is 6.04 Å². The van der Waals surface area contributed by atoms with Crippen molar-refractivity contribution in [2.45, 2.75) is 12.6 Å². The first kappa shape index (κ1) is 13.2. The molecule has 0 aliphatic carbocycles. The van der Waals surface area contributed by atoms with E-state index in [-0.39, 0.29) is 0 Å². The highest BCUT2D eigenvalue weighted by Gasteiger charge is 2.25. The van der Waals surface area contributed by atoms with Crippen molar-refractivity contribution in [1.29, 1.82) is 0 Å². The number of hydrogen-bond donors (Lipinski definition) is 0. The molecule has 3 rings (SSSR count). The molecule has 1 fully saturated rings. The highest BCUT2D eigenvalue weighted by atomic mass is 15.3. The Hall–Kier alpha value is -1.78. The average Bonchev–Trinajstić information content (AvgIpc) is 2.51. The first-order valence-corrected chi connectivity index (χ1v) is 7.04. The van der Waals surface area contributed by atoms with Crippen molar-refractivity contribution >= 4 is 0 Å². The standard InChI is InChI=1S/C16H20N4/c1-19-7-8-20(11-14-9-17-13-18-10-14)12-16(19)15-5-3-2-4-6-15/h2-6,9-10,13,16H,7-8,11-12H2,1H3/t16-/m0/s1. The summed E-state index contributed by atoms with van der Waals surface area (Å²) in [5.74, 6) is 0. The molecule has 2 heterocycles. The van der Waals surface area contributed by atoms with Gasteiger partial charge in [0, 0.05) is 50.2 Å². The van der Waals surface area contributed by atoms with Crippen LogP contribution in [-0.2, 0) is 6.54 Å². The average molecular weight is 268 g/mol. The number of aromatic nitrogens is 2. The molecule has 1 aliphatic rings. The molecular formula is C16H20N4. The number of benzene rings is 1. The van der Waals surface area contributed by atoms with E-state index in [1.165, 1.54) is 11.1 Å². The van der Waals surface area contributed by atoms with Gasteiger partial charge in [-0.05, 0) is 12.6 Å². The van der Waals surface area contributed by atoms with Gasteiger partial charge in [0.25, 0.3) is 0 Å². The highest BCUT2D eigenvalue weighted by Crippen LogP contribution is 2.24. The molecule has 0 spiro atoms. The van der Waals surface area contributed by atoms with Crippen molar-refractivity contribution in [2.75, 3.05) is 26.7 Å². The Bertz CT molecular complexity index is 529. The fraction of sp³-hybridized carbons (Fsp3) is 0.375. The van der Waals surface area contributed by atoms with Crippen LogP contribution in [0.4, 0.5) is 0 Å². The van der Waals surface area contributed by atoms with Crippen LogP contribution in [0.5, 0.6) is 0 Å².